The minimum atomic E-state index is -0.775. The van der Waals surface area contributed by atoms with E-state index in [2.05, 4.69) is 53.8 Å². The van der Waals surface area contributed by atoms with Gasteiger partial charge in [-0.25, -0.2) is 0 Å². The summed E-state index contributed by atoms with van der Waals surface area (Å²) < 4.78 is 11.0. The van der Waals surface area contributed by atoms with Gasteiger partial charge in [0.25, 0.3) is 0 Å². The Labute approximate surface area is 246 Å². The van der Waals surface area contributed by atoms with Crippen LogP contribution in [0.5, 0.6) is 5.75 Å². The summed E-state index contributed by atoms with van der Waals surface area (Å²) in [6.45, 7) is 1.18. The maximum atomic E-state index is 14.6. The van der Waals surface area contributed by atoms with Crippen LogP contribution in [-0.4, -0.2) is 36.9 Å². The number of benzene rings is 3. The number of para-hydroxylation sites is 1. The molecular weight excluding hydrogens is 524 g/mol. The first kappa shape index (κ1) is 26.3. The number of methoxy groups -OCH3 is 1. The number of furan rings is 1. The minimum Gasteiger partial charge on any atom is -0.496 e. The number of ether oxygens (including phenoxy) is 1. The fourth-order valence-electron chi connectivity index (χ4n) is 8.20. The number of nitrogens with one attached hydrogen (secondary N) is 1. The predicted octanol–water partition coefficient (Wildman–Crippen LogP) is 5.94. The first-order chi connectivity index (χ1) is 20.6. The average molecular weight is 559 g/mol. The molecule has 3 aromatic carbocycles. The smallest absolute Gasteiger partial charge is 0.246 e. The van der Waals surface area contributed by atoms with E-state index in [1.807, 2.05) is 53.4 Å². The number of amides is 2. The van der Waals surface area contributed by atoms with Gasteiger partial charge in [-0.3, -0.25) is 9.59 Å². The summed E-state index contributed by atoms with van der Waals surface area (Å²) in [6, 6.07) is 30.6. The summed E-state index contributed by atoms with van der Waals surface area (Å²) in [6.07, 6.45) is 6.87. The van der Waals surface area contributed by atoms with E-state index in [1.165, 1.54) is 16.7 Å². The molecule has 0 unspecified atom stereocenters. The van der Waals surface area contributed by atoms with E-state index in [1.54, 1.807) is 19.4 Å². The fourth-order valence-corrected chi connectivity index (χ4v) is 8.20. The van der Waals surface area contributed by atoms with Crippen LogP contribution >= 0.6 is 0 Å². The van der Waals surface area contributed by atoms with Crippen molar-refractivity contribution >= 4 is 17.9 Å². The highest BCUT2D eigenvalue weighted by molar-refractivity contribution is 5.94. The van der Waals surface area contributed by atoms with E-state index in [-0.39, 0.29) is 29.1 Å². The Balaban J connectivity index is 1.32. The zero-order chi connectivity index (χ0) is 28.7. The molecule has 1 saturated heterocycles. The number of carbonyl (C=O) groups is 2. The first-order valence-electron chi connectivity index (χ1n) is 14.6. The second-order valence-corrected chi connectivity index (χ2v) is 11.7. The molecule has 1 saturated carbocycles. The second-order valence-electron chi connectivity index (χ2n) is 11.7. The van der Waals surface area contributed by atoms with E-state index in [9.17, 15) is 9.59 Å². The van der Waals surface area contributed by atoms with Gasteiger partial charge in [0.05, 0.1) is 25.3 Å². The summed E-state index contributed by atoms with van der Waals surface area (Å²) in [5, 5.41) is 3.23. The van der Waals surface area contributed by atoms with Gasteiger partial charge in [0.15, 0.2) is 0 Å². The number of likely N-dealkylation sites (tertiary alicyclic amines) is 1. The maximum Gasteiger partial charge on any atom is 0.246 e. The van der Waals surface area contributed by atoms with Crippen LogP contribution < -0.4 is 10.1 Å². The molecule has 0 spiro atoms. The Hall–Kier alpha value is -4.58. The summed E-state index contributed by atoms with van der Waals surface area (Å²) >= 11 is 0. The summed E-state index contributed by atoms with van der Waals surface area (Å²) in [5.41, 5.74) is 3.42. The molecule has 6 nitrogen and oxygen atoms in total. The lowest BCUT2D eigenvalue weighted by Gasteiger charge is -2.60. The van der Waals surface area contributed by atoms with Crippen molar-refractivity contribution in [2.45, 2.75) is 30.7 Å². The quantitative estimate of drug-likeness (QED) is 0.285. The molecular formula is C36H34N2O4. The molecule has 8 rings (SSSR count). The molecule has 1 aliphatic heterocycles. The van der Waals surface area contributed by atoms with Crippen LogP contribution in [-0.2, 0) is 21.5 Å². The largest absolute Gasteiger partial charge is 0.496 e. The lowest BCUT2D eigenvalue weighted by Crippen LogP contribution is -2.62. The van der Waals surface area contributed by atoms with Crippen LogP contribution in [0.15, 0.2) is 108 Å². The van der Waals surface area contributed by atoms with Crippen molar-refractivity contribution in [3.8, 4) is 5.75 Å². The van der Waals surface area contributed by atoms with Crippen molar-refractivity contribution < 1.29 is 18.7 Å². The molecule has 3 aliphatic carbocycles. The Morgan fingerprint density at radius 2 is 1.79 bits per heavy atom. The zero-order valence-electron chi connectivity index (χ0n) is 23.7. The third-order valence-corrected chi connectivity index (χ3v) is 9.91. The Morgan fingerprint density at radius 1 is 1.00 bits per heavy atom. The van der Waals surface area contributed by atoms with Crippen LogP contribution in [0.2, 0.25) is 0 Å². The lowest BCUT2D eigenvalue weighted by molar-refractivity contribution is -0.139. The third-order valence-electron chi connectivity index (χ3n) is 9.91. The standard InChI is InChI=1S/C36H34N2O4/c1-41-31-16-8-5-10-25(31)17-18-33(39)38-23-32-35(26-11-3-2-4-12-26)20-19-30(28-14-6-7-15-29(28)35)36(32,24-38)34(40)37-22-27-13-9-21-42-27/h2-18,21,30,32H,19-20,22-24H2,1H3,(H,37,40)/t30-,32+,35-,36+/m1/s1. The molecule has 1 N–H and O–H groups in total. The number of nitrogens with zero attached hydrogens (tertiary/aromatic N) is 1. The number of rotatable bonds is 7. The molecule has 2 fully saturated rings. The van der Waals surface area contributed by atoms with Crippen molar-refractivity contribution in [2.24, 2.45) is 11.3 Å². The zero-order valence-corrected chi connectivity index (χ0v) is 23.7. The minimum absolute atomic E-state index is 0.00702. The van der Waals surface area contributed by atoms with Crippen LogP contribution in [0.1, 0.15) is 46.8 Å². The molecule has 2 heterocycles. The van der Waals surface area contributed by atoms with E-state index in [0.717, 1.165) is 18.4 Å². The van der Waals surface area contributed by atoms with E-state index < -0.39 is 5.41 Å². The molecule has 2 amide bonds. The van der Waals surface area contributed by atoms with Crippen molar-refractivity contribution in [1.29, 1.82) is 0 Å². The highest BCUT2D eigenvalue weighted by atomic mass is 16.5. The molecule has 212 valence electrons. The summed E-state index contributed by atoms with van der Waals surface area (Å²) in [7, 11) is 1.63. The molecule has 6 heteroatoms. The van der Waals surface area contributed by atoms with Crippen molar-refractivity contribution in [3.63, 3.8) is 0 Å². The van der Waals surface area contributed by atoms with Crippen LogP contribution in [0.3, 0.4) is 0 Å². The van der Waals surface area contributed by atoms with Crippen LogP contribution in [0.25, 0.3) is 6.08 Å². The molecule has 4 atom stereocenters. The first-order valence-corrected chi connectivity index (χ1v) is 14.6. The van der Waals surface area contributed by atoms with Crippen molar-refractivity contribution in [2.75, 3.05) is 20.2 Å². The molecule has 4 aliphatic rings. The second kappa shape index (κ2) is 10.4. The van der Waals surface area contributed by atoms with Gasteiger partial charge in [-0.15, -0.1) is 0 Å². The normalized spacial score (nSPS) is 25.7. The highest BCUT2D eigenvalue weighted by Gasteiger charge is 2.70. The highest BCUT2D eigenvalue weighted by Crippen LogP contribution is 2.68. The van der Waals surface area contributed by atoms with Gasteiger partial charge >= 0.3 is 0 Å². The van der Waals surface area contributed by atoms with Gasteiger partial charge in [-0.2, -0.15) is 0 Å². The summed E-state index contributed by atoms with van der Waals surface area (Å²) in [4.78, 5) is 30.3. The average Bonchev–Trinajstić information content (AvgIpc) is 3.73. The fraction of sp³-hybridized carbons (Fsp3) is 0.278. The number of carbonyl (C=O) groups excluding carboxylic acids is 2. The predicted molar refractivity (Wildman–Crippen MR) is 161 cm³/mol. The molecule has 1 aromatic heterocycles. The number of fused-ring (bicyclic) bond motifs is 1. The van der Waals surface area contributed by atoms with Gasteiger partial charge in [0, 0.05) is 42.0 Å². The van der Waals surface area contributed by atoms with Gasteiger partial charge in [0.2, 0.25) is 11.8 Å². The van der Waals surface area contributed by atoms with E-state index in [0.29, 0.717) is 31.1 Å². The SMILES string of the molecule is COc1ccccc1C=CC(=O)N1C[C@H]2[C@@]3(c4ccccc4)CC[C@H](c4ccccc43)[C@@]2(C(=O)NCc2ccco2)C1. The van der Waals surface area contributed by atoms with Gasteiger partial charge in [-0.05, 0) is 53.8 Å². The number of hydrogen-bond acceptors (Lipinski definition) is 4. The van der Waals surface area contributed by atoms with Crippen molar-refractivity contribution in [1.82, 2.24) is 10.2 Å². The molecule has 4 aromatic rings. The van der Waals surface area contributed by atoms with E-state index >= 15 is 0 Å². The Morgan fingerprint density at radius 3 is 2.60 bits per heavy atom. The van der Waals surface area contributed by atoms with Gasteiger partial charge < -0.3 is 19.4 Å². The Kier molecular flexibility index (Phi) is 6.49. The van der Waals surface area contributed by atoms with Crippen molar-refractivity contribution in [3.05, 3.63) is 131 Å². The molecule has 42 heavy (non-hydrogen) atoms. The topological polar surface area (TPSA) is 71.8 Å². The van der Waals surface area contributed by atoms with Crippen LogP contribution in [0, 0.1) is 11.3 Å². The lowest BCUT2D eigenvalue weighted by atomic mass is 9.42. The molecule has 0 radical (unpaired) electrons. The van der Waals surface area contributed by atoms with Gasteiger partial charge in [-0.1, -0.05) is 72.8 Å². The van der Waals surface area contributed by atoms with E-state index in [4.69, 9.17) is 9.15 Å². The third kappa shape index (κ3) is 3.92. The Bertz CT molecular complexity index is 1650. The molecule has 2 bridgehead atoms. The summed E-state index contributed by atoms with van der Waals surface area (Å²) in [5.74, 6) is 1.24. The monoisotopic (exact) mass is 558 g/mol. The van der Waals surface area contributed by atoms with Crippen LogP contribution in [0.4, 0.5) is 0 Å². The maximum absolute atomic E-state index is 14.6. The van der Waals surface area contributed by atoms with Gasteiger partial charge in [0.1, 0.15) is 11.5 Å². The number of hydrogen-bond donors (Lipinski definition) is 1.